The summed E-state index contributed by atoms with van der Waals surface area (Å²) in [5.41, 5.74) is 3.20. The molecule has 1 atom stereocenters. The fraction of sp³-hybridized carbons (Fsp3) is 0.267. The minimum atomic E-state index is 0.0854. The van der Waals surface area contributed by atoms with Gasteiger partial charge in [0.25, 0.3) is 0 Å². The first-order valence-electron chi connectivity index (χ1n) is 6.61. The molecule has 2 aromatic heterocycles. The van der Waals surface area contributed by atoms with Crippen LogP contribution in [-0.4, -0.2) is 15.2 Å². The Bertz CT molecular complexity index is 733. The zero-order chi connectivity index (χ0) is 14.8. The summed E-state index contributed by atoms with van der Waals surface area (Å²) in [7, 11) is 0. The number of thiazole rings is 1. The van der Waals surface area contributed by atoms with Gasteiger partial charge in [-0.3, -0.25) is 0 Å². The molecule has 1 aromatic carbocycles. The van der Waals surface area contributed by atoms with Crippen LogP contribution in [0, 0.1) is 13.8 Å². The second kappa shape index (κ2) is 5.99. The van der Waals surface area contributed by atoms with Gasteiger partial charge in [-0.25, -0.2) is 4.98 Å². The van der Waals surface area contributed by atoms with Gasteiger partial charge in [-0.05, 0) is 32.9 Å². The number of benzene rings is 1. The summed E-state index contributed by atoms with van der Waals surface area (Å²) in [6.07, 6.45) is 0. The van der Waals surface area contributed by atoms with Crippen molar-refractivity contribution in [3.8, 4) is 11.5 Å². The van der Waals surface area contributed by atoms with Gasteiger partial charge in [0.1, 0.15) is 0 Å². The highest BCUT2D eigenvalue weighted by Crippen LogP contribution is 2.36. The summed E-state index contributed by atoms with van der Waals surface area (Å²) in [6, 6.07) is 8.06. The standard InChI is InChI=1S/C15H15N3OS2/c1-9-4-6-12(7-5-9)14-18-17-13(19-14)11(3)21-15-16-10(2)8-20-15/h4-8,11H,1-3H3/t11-/m1/s1. The smallest absolute Gasteiger partial charge is 0.247 e. The number of hydrogen-bond acceptors (Lipinski definition) is 6. The Hall–Kier alpha value is -1.66. The average Bonchev–Trinajstić information content (AvgIpc) is 3.09. The third-order valence-electron chi connectivity index (χ3n) is 2.96. The van der Waals surface area contributed by atoms with E-state index in [1.54, 1.807) is 23.1 Å². The van der Waals surface area contributed by atoms with Crippen LogP contribution in [0.15, 0.2) is 38.4 Å². The van der Waals surface area contributed by atoms with Crippen LogP contribution in [-0.2, 0) is 0 Å². The van der Waals surface area contributed by atoms with E-state index in [-0.39, 0.29) is 5.25 Å². The van der Waals surface area contributed by atoms with Gasteiger partial charge in [-0.15, -0.1) is 21.5 Å². The SMILES string of the molecule is Cc1ccc(-c2nnc([C@@H](C)Sc3nc(C)cs3)o2)cc1. The lowest BCUT2D eigenvalue weighted by molar-refractivity contribution is 0.509. The van der Waals surface area contributed by atoms with Crippen molar-refractivity contribution < 1.29 is 4.42 Å². The Morgan fingerprint density at radius 3 is 2.57 bits per heavy atom. The monoisotopic (exact) mass is 317 g/mol. The lowest BCUT2D eigenvalue weighted by Crippen LogP contribution is -1.88. The highest BCUT2D eigenvalue weighted by atomic mass is 32.2. The molecule has 6 heteroatoms. The van der Waals surface area contributed by atoms with Gasteiger partial charge in [0.05, 0.1) is 5.25 Å². The van der Waals surface area contributed by atoms with E-state index < -0.39 is 0 Å². The van der Waals surface area contributed by atoms with Crippen molar-refractivity contribution in [1.29, 1.82) is 0 Å². The maximum atomic E-state index is 5.78. The number of thioether (sulfide) groups is 1. The van der Waals surface area contributed by atoms with E-state index in [0.29, 0.717) is 11.8 Å². The molecule has 4 nitrogen and oxygen atoms in total. The third kappa shape index (κ3) is 3.33. The van der Waals surface area contributed by atoms with Gasteiger partial charge >= 0.3 is 0 Å². The van der Waals surface area contributed by atoms with E-state index in [1.165, 1.54) is 5.56 Å². The Labute approximate surface area is 131 Å². The first-order chi connectivity index (χ1) is 10.1. The predicted molar refractivity (Wildman–Crippen MR) is 85.6 cm³/mol. The lowest BCUT2D eigenvalue weighted by Gasteiger charge is -2.02. The molecule has 0 aliphatic carbocycles. The largest absolute Gasteiger partial charge is 0.419 e. The van der Waals surface area contributed by atoms with Crippen molar-refractivity contribution in [3.05, 3.63) is 46.8 Å². The van der Waals surface area contributed by atoms with Crippen molar-refractivity contribution in [1.82, 2.24) is 15.2 Å². The lowest BCUT2D eigenvalue weighted by atomic mass is 10.1. The van der Waals surface area contributed by atoms with E-state index in [1.807, 2.05) is 43.5 Å². The summed E-state index contributed by atoms with van der Waals surface area (Å²) < 4.78 is 6.81. The molecule has 0 saturated carbocycles. The molecule has 3 rings (SSSR count). The van der Waals surface area contributed by atoms with E-state index >= 15 is 0 Å². The van der Waals surface area contributed by atoms with Gasteiger partial charge in [0, 0.05) is 16.6 Å². The highest BCUT2D eigenvalue weighted by Gasteiger charge is 2.17. The van der Waals surface area contributed by atoms with Crippen molar-refractivity contribution in [2.45, 2.75) is 30.4 Å². The molecule has 0 fully saturated rings. The van der Waals surface area contributed by atoms with Crippen LogP contribution in [0.1, 0.15) is 29.3 Å². The molecule has 0 aliphatic rings. The van der Waals surface area contributed by atoms with Gasteiger partial charge in [0.15, 0.2) is 4.34 Å². The number of aryl methyl sites for hydroxylation is 2. The quantitative estimate of drug-likeness (QED) is 0.655. The summed E-state index contributed by atoms with van der Waals surface area (Å²) in [5, 5.41) is 10.4. The number of nitrogens with zero attached hydrogens (tertiary/aromatic N) is 3. The van der Waals surface area contributed by atoms with Gasteiger partial charge in [-0.2, -0.15) is 0 Å². The summed E-state index contributed by atoms with van der Waals surface area (Å²) in [6.45, 7) is 6.10. The molecule has 21 heavy (non-hydrogen) atoms. The predicted octanol–water partition coefficient (Wildman–Crippen LogP) is 4.66. The molecule has 0 amide bonds. The van der Waals surface area contributed by atoms with Gasteiger partial charge < -0.3 is 4.42 Å². The molecular weight excluding hydrogens is 302 g/mol. The zero-order valence-corrected chi connectivity index (χ0v) is 13.7. The second-order valence-electron chi connectivity index (χ2n) is 4.83. The zero-order valence-electron chi connectivity index (χ0n) is 12.0. The second-order valence-corrected chi connectivity index (χ2v) is 7.27. The number of aromatic nitrogens is 3. The molecule has 3 aromatic rings. The Balaban J connectivity index is 1.76. The molecule has 0 unspecified atom stereocenters. The molecule has 2 heterocycles. The van der Waals surface area contributed by atoms with E-state index in [4.69, 9.17) is 4.42 Å². The Kier molecular flexibility index (Phi) is 4.07. The van der Waals surface area contributed by atoms with Crippen molar-refractivity contribution >= 4 is 23.1 Å². The number of rotatable bonds is 4. The molecule has 0 spiro atoms. The summed E-state index contributed by atoms with van der Waals surface area (Å²) in [5.74, 6) is 1.19. The van der Waals surface area contributed by atoms with Crippen LogP contribution in [0.2, 0.25) is 0 Å². The van der Waals surface area contributed by atoms with Crippen LogP contribution in [0.25, 0.3) is 11.5 Å². The topological polar surface area (TPSA) is 51.8 Å². The molecule has 0 saturated heterocycles. The number of hydrogen-bond donors (Lipinski definition) is 0. The molecule has 0 radical (unpaired) electrons. The fourth-order valence-corrected chi connectivity index (χ4v) is 3.82. The minimum absolute atomic E-state index is 0.0854. The molecule has 0 N–H and O–H groups in total. The van der Waals surface area contributed by atoms with Crippen LogP contribution < -0.4 is 0 Å². The van der Waals surface area contributed by atoms with E-state index in [2.05, 4.69) is 22.1 Å². The molecule has 108 valence electrons. The first kappa shape index (κ1) is 14.3. The Morgan fingerprint density at radius 2 is 1.90 bits per heavy atom. The average molecular weight is 317 g/mol. The Morgan fingerprint density at radius 1 is 1.14 bits per heavy atom. The first-order valence-corrected chi connectivity index (χ1v) is 8.37. The van der Waals surface area contributed by atoms with Crippen molar-refractivity contribution in [2.24, 2.45) is 0 Å². The van der Waals surface area contributed by atoms with Crippen LogP contribution in [0.5, 0.6) is 0 Å². The maximum absolute atomic E-state index is 5.78. The fourth-order valence-electron chi connectivity index (χ4n) is 1.80. The molecular formula is C15H15N3OS2. The molecule has 0 bridgehead atoms. The van der Waals surface area contributed by atoms with Crippen molar-refractivity contribution in [2.75, 3.05) is 0 Å². The van der Waals surface area contributed by atoms with Crippen LogP contribution in [0.4, 0.5) is 0 Å². The highest BCUT2D eigenvalue weighted by molar-refractivity contribution is 8.01. The summed E-state index contributed by atoms with van der Waals surface area (Å²) >= 11 is 3.28. The van der Waals surface area contributed by atoms with E-state index in [0.717, 1.165) is 15.6 Å². The minimum Gasteiger partial charge on any atom is -0.419 e. The van der Waals surface area contributed by atoms with Gasteiger partial charge in [-0.1, -0.05) is 29.5 Å². The van der Waals surface area contributed by atoms with Crippen molar-refractivity contribution in [3.63, 3.8) is 0 Å². The van der Waals surface area contributed by atoms with Crippen LogP contribution in [0.3, 0.4) is 0 Å². The van der Waals surface area contributed by atoms with E-state index in [9.17, 15) is 0 Å². The molecule has 0 aliphatic heterocycles. The third-order valence-corrected chi connectivity index (χ3v) is 5.14. The van der Waals surface area contributed by atoms with Gasteiger partial charge in [0.2, 0.25) is 11.8 Å². The summed E-state index contributed by atoms with van der Waals surface area (Å²) in [4.78, 5) is 4.44. The van der Waals surface area contributed by atoms with Crippen LogP contribution >= 0.6 is 23.1 Å². The normalized spacial score (nSPS) is 12.5. The maximum Gasteiger partial charge on any atom is 0.247 e.